The normalized spacial score (nSPS) is 10.3. The molecule has 0 unspecified atom stereocenters. The predicted octanol–water partition coefficient (Wildman–Crippen LogP) is 4.18. The number of aryl methyl sites for hydroxylation is 2. The maximum Gasteiger partial charge on any atom is 0.298 e. The van der Waals surface area contributed by atoms with Gasteiger partial charge in [-0.15, -0.1) is 0 Å². The van der Waals surface area contributed by atoms with Gasteiger partial charge >= 0.3 is 0 Å². The van der Waals surface area contributed by atoms with Crippen LogP contribution >= 0.6 is 0 Å². The number of hydrogen-bond acceptors (Lipinski definition) is 5. The highest BCUT2D eigenvalue weighted by Gasteiger charge is 2.22. The molecule has 0 spiro atoms. The second kappa shape index (κ2) is 8.42. The Labute approximate surface area is 148 Å². The molecule has 0 aliphatic carbocycles. The van der Waals surface area contributed by atoms with Gasteiger partial charge < -0.3 is 18.9 Å². The lowest BCUT2D eigenvalue weighted by molar-refractivity contribution is -0.120. The molecule has 25 heavy (non-hydrogen) atoms. The van der Waals surface area contributed by atoms with Gasteiger partial charge in [0.1, 0.15) is 5.75 Å². The quantitative estimate of drug-likeness (QED) is 0.673. The maximum atomic E-state index is 10.6. The number of methoxy groups -OCH3 is 3. The molecular formula is C20H24O5. The second-order valence-electron chi connectivity index (χ2n) is 5.62. The molecule has 0 aliphatic heterocycles. The lowest BCUT2D eigenvalue weighted by Gasteiger charge is -2.20. The minimum absolute atomic E-state index is 0.437. The highest BCUT2D eigenvalue weighted by atomic mass is 16.5. The Morgan fingerprint density at radius 3 is 2.28 bits per heavy atom. The Morgan fingerprint density at radius 1 is 1.00 bits per heavy atom. The van der Waals surface area contributed by atoms with Crippen LogP contribution in [-0.4, -0.2) is 27.8 Å². The first-order valence-electron chi connectivity index (χ1n) is 8.14. The van der Waals surface area contributed by atoms with Crippen molar-refractivity contribution in [3.05, 3.63) is 35.4 Å². The number of hydrogen-bond donors (Lipinski definition) is 0. The van der Waals surface area contributed by atoms with Crippen molar-refractivity contribution < 1.29 is 23.7 Å². The third kappa shape index (κ3) is 3.71. The molecule has 134 valence electrons. The van der Waals surface area contributed by atoms with Crippen LogP contribution in [-0.2, 0) is 11.2 Å². The molecule has 0 radical (unpaired) electrons. The Hall–Kier alpha value is -2.69. The standard InChI is InChI=1S/C20H24O5/c1-6-7-14-11-15(25-12-21)8-9-16(14)18-13(2)10-17(22-3)19(23-4)20(18)24-5/h8-12H,6-7H2,1-5H3. The van der Waals surface area contributed by atoms with E-state index in [1.54, 1.807) is 27.4 Å². The van der Waals surface area contributed by atoms with Gasteiger partial charge in [0.05, 0.1) is 21.3 Å². The molecule has 0 amide bonds. The summed E-state index contributed by atoms with van der Waals surface area (Å²) in [5, 5.41) is 0. The average Bonchev–Trinajstić information content (AvgIpc) is 2.62. The van der Waals surface area contributed by atoms with E-state index in [0.29, 0.717) is 29.5 Å². The van der Waals surface area contributed by atoms with E-state index in [9.17, 15) is 4.79 Å². The van der Waals surface area contributed by atoms with E-state index in [0.717, 1.165) is 35.1 Å². The van der Waals surface area contributed by atoms with Crippen molar-refractivity contribution >= 4 is 6.47 Å². The fraction of sp³-hybridized carbons (Fsp3) is 0.350. The molecule has 0 heterocycles. The van der Waals surface area contributed by atoms with E-state index < -0.39 is 0 Å². The van der Waals surface area contributed by atoms with Crippen molar-refractivity contribution in [1.29, 1.82) is 0 Å². The first kappa shape index (κ1) is 18.6. The van der Waals surface area contributed by atoms with Gasteiger partial charge in [-0.3, -0.25) is 4.79 Å². The molecule has 0 saturated carbocycles. The largest absolute Gasteiger partial charge is 0.493 e. The molecular weight excluding hydrogens is 320 g/mol. The molecule has 0 aromatic heterocycles. The van der Waals surface area contributed by atoms with Gasteiger partial charge in [-0.1, -0.05) is 19.4 Å². The number of ether oxygens (including phenoxy) is 4. The van der Waals surface area contributed by atoms with Crippen molar-refractivity contribution in [1.82, 2.24) is 0 Å². The van der Waals surface area contributed by atoms with Crippen LogP contribution in [0.4, 0.5) is 0 Å². The van der Waals surface area contributed by atoms with Gasteiger partial charge in [0.25, 0.3) is 6.47 Å². The third-order valence-corrected chi connectivity index (χ3v) is 4.08. The van der Waals surface area contributed by atoms with Crippen LogP contribution in [0.25, 0.3) is 11.1 Å². The predicted molar refractivity (Wildman–Crippen MR) is 97.0 cm³/mol. The monoisotopic (exact) mass is 344 g/mol. The van der Waals surface area contributed by atoms with Gasteiger partial charge in [0.2, 0.25) is 5.75 Å². The minimum Gasteiger partial charge on any atom is -0.493 e. The van der Waals surface area contributed by atoms with Crippen LogP contribution in [0, 0.1) is 6.92 Å². The van der Waals surface area contributed by atoms with Crippen molar-refractivity contribution in [2.24, 2.45) is 0 Å². The van der Waals surface area contributed by atoms with Crippen molar-refractivity contribution in [3.63, 3.8) is 0 Å². The average molecular weight is 344 g/mol. The fourth-order valence-corrected chi connectivity index (χ4v) is 3.03. The molecule has 2 aromatic rings. The molecule has 0 aliphatic rings. The molecule has 0 fully saturated rings. The SMILES string of the molecule is CCCc1cc(OC=O)ccc1-c1c(C)cc(OC)c(OC)c1OC. The van der Waals surface area contributed by atoms with Crippen LogP contribution in [0.15, 0.2) is 24.3 Å². The molecule has 2 rings (SSSR count). The smallest absolute Gasteiger partial charge is 0.298 e. The zero-order valence-electron chi connectivity index (χ0n) is 15.3. The second-order valence-corrected chi connectivity index (χ2v) is 5.62. The minimum atomic E-state index is 0.437. The number of carbonyl (C=O) groups excluding carboxylic acids is 1. The summed E-state index contributed by atoms with van der Waals surface area (Å²) >= 11 is 0. The summed E-state index contributed by atoms with van der Waals surface area (Å²) in [6.45, 7) is 4.55. The van der Waals surface area contributed by atoms with E-state index in [2.05, 4.69) is 6.92 Å². The summed E-state index contributed by atoms with van der Waals surface area (Å²) in [6, 6.07) is 7.55. The summed E-state index contributed by atoms with van der Waals surface area (Å²) in [7, 11) is 4.81. The summed E-state index contributed by atoms with van der Waals surface area (Å²) in [5.74, 6) is 2.33. The lowest BCUT2D eigenvalue weighted by Crippen LogP contribution is -2.01. The topological polar surface area (TPSA) is 54.0 Å². The fourth-order valence-electron chi connectivity index (χ4n) is 3.03. The lowest BCUT2D eigenvalue weighted by atomic mass is 9.92. The summed E-state index contributed by atoms with van der Waals surface area (Å²) in [5.41, 5.74) is 4.06. The van der Waals surface area contributed by atoms with Crippen LogP contribution in [0.5, 0.6) is 23.0 Å². The summed E-state index contributed by atoms with van der Waals surface area (Å²) in [6.07, 6.45) is 1.81. The van der Waals surface area contributed by atoms with Gasteiger partial charge in [0, 0.05) is 5.56 Å². The van der Waals surface area contributed by atoms with Gasteiger partial charge in [0.15, 0.2) is 11.5 Å². The third-order valence-electron chi connectivity index (χ3n) is 4.08. The highest BCUT2D eigenvalue weighted by Crippen LogP contribution is 2.47. The molecule has 0 N–H and O–H groups in total. The summed E-state index contributed by atoms with van der Waals surface area (Å²) < 4.78 is 21.6. The van der Waals surface area contributed by atoms with Gasteiger partial charge in [-0.2, -0.15) is 0 Å². The Morgan fingerprint density at radius 2 is 1.72 bits per heavy atom. The first-order valence-corrected chi connectivity index (χ1v) is 8.14. The Kier molecular flexibility index (Phi) is 6.28. The number of benzene rings is 2. The zero-order valence-corrected chi connectivity index (χ0v) is 15.3. The van der Waals surface area contributed by atoms with Crippen LogP contribution in [0.3, 0.4) is 0 Å². The van der Waals surface area contributed by atoms with Gasteiger partial charge in [-0.05, 0) is 48.2 Å². The number of rotatable bonds is 8. The van der Waals surface area contributed by atoms with E-state index >= 15 is 0 Å². The molecule has 5 nitrogen and oxygen atoms in total. The van der Waals surface area contributed by atoms with Crippen LogP contribution in [0.1, 0.15) is 24.5 Å². The van der Waals surface area contributed by atoms with E-state index in [1.807, 2.05) is 25.1 Å². The van der Waals surface area contributed by atoms with Crippen molar-refractivity contribution in [3.8, 4) is 34.1 Å². The zero-order chi connectivity index (χ0) is 18.4. The van der Waals surface area contributed by atoms with Crippen LogP contribution in [0.2, 0.25) is 0 Å². The van der Waals surface area contributed by atoms with Crippen molar-refractivity contribution in [2.45, 2.75) is 26.7 Å². The Balaban J connectivity index is 2.74. The molecule has 0 atom stereocenters. The van der Waals surface area contributed by atoms with Gasteiger partial charge in [-0.25, -0.2) is 0 Å². The summed E-state index contributed by atoms with van der Waals surface area (Å²) in [4.78, 5) is 10.6. The molecule has 0 bridgehead atoms. The maximum absolute atomic E-state index is 10.6. The molecule has 5 heteroatoms. The highest BCUT2D eigenvalue weighted by molar-refractivity contribution is 5.82. The van der Waals surface area contributed by atoms with E-state index in [4.69, 9.17) is 18.9 Å². The molecule has 0 saturated heterocycles. The molecule has 2 aromatic carbocycles. The van der Waals surface area contributed by atoms with E-state index in [-0.39, 0.29) is 0 Å². The van der Waals surface area contributed by atoms with Crippen molar-refractivity contribution in [2.75, 3.05) is 21.3 Å². The van der Waals surface area contributed by atoms with E-state index in [1.165, 1.54) is 0 Å². The van der Waals surface area contributed by atoms with Crippen LogP contribution < -0.4 is 18.9 Å². The Bertz CT molecular complexity index is 752. The number of carbonyl (C=O) groups is 1. The first-order chi connectivity index (χ1) is 12.1.